The molecule has 0 aromatic carbocycles. The van der Waals surface area contributed by atoms with E-state index in [-0.39, 0.29) is 0 Å². The van der Waals surface area contributed by atoms with E-state index in [0.29, 0.717) is 29.8 Å². The molecule has 5 nitrogen and oxygen atoms in total. The summed E-state index contributed by atoms with van der Waals surface area (Å²) in [6.07, 6.45) is 2.35. The third-order valence-electron chi connectivity index (χ3n) is 2.48. The van der Waals surface area contributed by atoms with Crippen LogP contribution in [-0.2, 0) is 11.3 Å². The normalized spacial score (nSPS) is 15.5. The third kappa shape index (κ3) is 2.15. The topological polar surface area (TPSA) is 66.0 Å². The third-order valence-corrected chi connectivity index (χ3v) is 2.67. The Kier molecular flexibility index (Phi) is 2.97. The maximum atomic E-state index is 5.61. The van der Waals surface area contributed by atoms with Crippen LogP contribution in [0.15, 0.2) is 0 Å². The molecule has 0 bridgehead atoms. The minimum absolute atomic E-state index is 0.334. The second-order valence-electron chi connectivity index (χ2n) is 3.68. The van der Waals surface area contributed by atoms with Crippen molar-refractivity contribution in [3.05, 3.63) is 11.4 Å². The lowest BCUT2D eigenvalue weighted by atomic mass is 10.2. The number of thiocarbonyl (C=S) groups is 1. The van der Waals surface area contributed by atoms with Gasteiger partial charge in [-0.15, -0.1) is 5.10 Å². The fraction of sp³-hybridized carbons (Fsp3) is 0.667. The van der Waals surface area contributed by atoms with Gasteiger partial charge in [-0.2, -0.15) is 0 Å². The molecular weight excluding hydrogens is 212 g/mol. The standard InChI is InChI=1S/C9H14N4OS/c1-14-5-4-13-8(6-2-3-6)7(9(10)15)11-12-13/h6H,2-5H2,1H3,(H2,10,15). The Morgan fingerprint density at radius 1 is 1.67 bits per heavy atom. The zero-order valence-corrected chi connectivity index (χ0v) is 9.46. The first-order valence-electron chi connectivity index (χ1n) is 4.96. The van der Waals surface area contributed by atoms with E-state index >= 15 is 0 Å². The average Bonchev–Trinajstić information content (AvgIpc) is 2.95. The Labute approximate surface area is 93.6 Å². The first kappa shape index (κ1) is 10.5. The molecule has 1 aliphatic rings. The van der Waals surface area contributed by atoms with Crippen molar-refractivity contribution in [3.8, 4) is 0 Å². The second-order valence-corrected chi connectivity index (χ2v) is 4.12. The maximum Gasteiger partial charge on any atom is 0.143 e. The number of nitrogens with two attached hydrogens (primary N) is 1. The van der Waals surface area contributed by atoms with Crippen LogP contribution in [0.1, 0.15) is 30.1 Å². The van der Waals surface area contributed by atoms with Crippen LogP contribution in [0.5, 0.6) is 0 Å². The summed E-state index contributed by atoms with van der Waals surface area (Å²) in [6, 6.07) is 0. The molecule has 0 aliphatic heterocycles. The summed E-state index contributed by atoms with van der Waals surface area (Å²) in [7, 11) is 1.67. The smallest absolute Gasteiger partial charge is 0.143 e. The second kappa shape index (κ2) is 4.24. The summed E-state index contributed by atoms with van der Waals surface area (Å²) in [6.45, 7) is 1.33. The van der Waals surface area contributed by atoms with Crippen molar-refractivity contribution in [1.29, 1.82) is 0 Å². The van der Waals surface area contributed by atoms with Crippen LogP contribution in [0.25, 0.3) is 0 Å². The van der Waals surface area contributed by atoms with Crippen LogP contribution >= 0.6 is 12.2 Å². The van der Waals surface area contributed by atoms with Gasteiger partial charge in [0.25, 0.3) is 0 Å². The van der Waals surface area contributed by atoms with Crippen LogP contribution in [0, 0.1) is 0 Å². The van der Waals surface area contributed by atoms with Crippen LogP contribution < -0.4 is 5.73 Å². The number of methoxy groups -OCH3 is 1. The first-order chi connectivity index (χ1) is 7.24. The maximum absolute atomic E-state index is 5.61. The molecule has 0 radical (unpaired) electrons. The summed E-state index contributed by atoms with van der Waals surface area (Å²) in [4.78, 5) is 0.334. The van der Waals surface area contributed by atoms with Crippen LogP contribution in [-0.4, -0.2) is 33.7 Å². The highest BCUT2D eigenvalue weighted by Gasteiger charge is 2.31. The molecule has 0 unspecified atom stereocenters. The highest BCUT2D eigenvalue weighted by Crippen LogP contribution is 2.41. The molecule has 0 spiro atoms. The fourth-order valence-electron chi connectivity index (χ4n) is 1.60. The van der Waals surface area contributed by atoms with Crippen molar-refractivity contribution < 1.29 is 4.74 Å². The van der Waals surface area contributed by atoms with Crippen molar-refractivity contribution in [3.63, 3.8) is 0 Å². The zero-order chi connectivity index (χ0) is 10.8. The van der Waals surface area contributed by atoms with Gasteiger partial charge < -0.3 is 10.5 Å². The van der Waals surface area contributed by atoms with Gasteiger partial charge in [0.1, 0.15) is 10.7 Å². The van der Waals surface area contributed by atoms with Crippen molar-refractivity contribution in [2.24, 2.45) is 5.73 Å². The van der Waals surface area contributed by atoms with Gasteiger partial charge in [-0.25, -0.2) is 4.68 Å². The highest BCUT2D eigenvalue weighted by atomic mass is 32.1. The van der Waals surface area contributed by atoms with Gasteiger partial charge in [-0.1, -0.05) is 17.4 Å². The van der Waals surface area contributed by atoms with Crippen LogP contribution in [0.4, 0.5) is 0 Å². The first-order valence-corrected chi connectivity index (χ1v) is 5.37. The van der Waals surface area contributed by atoms with Crippen molar-refractivity contribution >= 4 is 17.2 Å². The molecule has 2 N–H and O–H groups in total. The predicted octanol–water partition coefficient (Wildman–Crippen LogP) is 0.436. The van der Waals surface area contributed by atoms with E-state index < -0.39 is 0 Å². The predicted molar refractivity (Wildman–Crippen MR) is 59.8 cm³/mol. The largest absolute Gasteiger partial charge is 0.388 e. The van der Waals surface area contributed by atoms with Crippen molar-refractivity contribution in [2.45, 2.75) is 25.3 Å². The molecule has 1 aliphatic carbocycles. The van der Waals surface area contributed by atoms with E-state index in [1.54, 1.807) is 7.11 Å². The minimum Gasteiger partial charge on any atom is -0.388 e. The summed E-state index contributed by atoms with van der Waals surface area (Å²) in [5, 5.41) is 8.08. The van der Waals surface area contributed by atoms with Crippen molar-refractivity contribution in [2.75, 3.05) is 13.7 Å². The molecule has 1 fully saturated rings. The molecule has 1 saturated carbocycles. The van der Waals surface area contributed by atoms with E-state index in [2.05, 4.69) is 10.3 Å². The molecule has 15 heavy (non-hydrogen) atoms. The molecule has 1 heterocycles. The van der Waals surface area contributed by atoms with Gasteiger partial charge in [0.15, 0.2) is 0 Å². The Morgan fingerprint density at radius 3 is 2.93 bits per heavy atom. The Bertz CT molecular complexity index is 372. The summed E-state index contributed by atoms with van der Waals surface area (Å²) < 4.78 is 6.87. The number of hydrogen-bond donors (Lipinski definition) is 1. The van der Waals surface area contributed by atoms with Gasteiger partial charge in [-0.3, -0.25) is 0 Å². The van der Waals surface area contributed by atoms with Crippen LogP contribution in [0.3, 0.4) is 0 Å². The highest BCUT2D eigenvalue weighted by molar-refractivity contribution is 7.80. The van der Waals surface area contributed by atoms with Gasteiger partial charge in [0, 0.05) is 13.0 Å². The number of rotatable bonds is 5. The zero-order valence-electron chi connectivity index (χ0n) is 8.64. The fourth-order valence-corrected chi connectivity index (χ4v) is 1.75. The minimum atomic E-state index is 0.334. The number of ether oxygens (including phenoxy) is 1. The lowest BCUT2D eigenvalue weighted by Gasteiger charge is -2.05. The molecule has 0 atom stereocenters. The van der Waals surface area contributed by atoms with Crippen molar-refractivity contribution in [1.82, 2.24) is 15.0 Å². The number of hydrogen-bond acceptors (Lipinski definition) is 4. The van der Waals surface area contributed by atoms with E-state index in [4.69, 9.17) is 22.7 Å². The average molecular weight is 226 g/mol. The monoisotopic (exact) mass is 226 g/mol. The molecule has 6 heteroatoms. The Morgan fingerprint density at radius 2 is 2.40 bits per heavy atom. The molecular formula is C9H14N4OS. The molecule has 0 saturated heterocycles. The quantitative estimate of drug-likeness (QED) is 0.738. The summed E-state index contributed by atoms with van der Waals surface area (Å²) in [5.74, 6) is 0.536. The van der Waals surface area contributed by atoms with Crippen LogP contribution in [0.2, 0.25) is 0 Å². The molecule has 2 rings (SSSR count). The lowest BCUT2D eigenvalue weighted by molar-refractivity contribution is 0.182. The summed E-state index contributed by atoms with van der Waals surface area (Å²) >= 11 is 4.95. The van der Waals surface area contributed by atoms with E-state index in [1.165, 1.54) is 12.8 Å². The lowest BCUT2D eigenvalue weighted by Crippen LogP contribution is -2.14. The van der Waals surface area contributed by atoms with Gasteiger partial charge >= 0.3 is 0 Å². The molecule has 1 aromatic rings. The Hall–Kier alpha value is -1.01. The van der Waals surface area contributed by atoms with Gasteiger partial charge in [-0.05, 0) is 12.8 Å². The number of aromatic nitrogens is 3. The SMILES string of the molecule is COCCn1nnc(C(N)=S)c1C1CC1. The van der Waals surface area contributed by atoms with E-state index in [9.17, 15) is 0 Å². The van der Waals surface area contributed by atoms with E-state index in [0.717, 1.165) is 5.69 Å². The van der Waals surface area contributed by atoms with Gasteiger partial charge in [0.05, 0.1) is 18.8 Å². The molecule has 0 amide bonds. The van der Waals surface area contributed by atoms with E-state index in [1.807, 2.05) is 4.68 Å². The Balaban J connectivity index is 2.25. The number of nitrogens with zero attached hydrogens (tertiary/aromatic N) is 3. The molecule has 1 aromatic heterocycles. The summed E-state index contributed by atoms with van der Waals surface area (Å²) in [5.41, 5.74) is 7.37. The molecule has 82 valence electrons. The van der Waals surface area contributed by atoms with Gasteiger partial charge in [0.2, 0.25) is 0 Å².